The minimum Gasteiger partial charge on any atom is -0.382 e. The highest BCUT2D eigenvalue weighted by Crippen LogP contribution is 2.11. The zero-order valence-electron chi connectivity index (χ0n) is 10.2. The summed E-state index contributed by atoms with van der Waals surface area (Å²) < 4.78 is 0. The summed E-state index contributed by atoms with van der Waals surface area (Å²) in [5.74, 6) is 0.542. The van der Waals surface area contributed by atoms with Gasteiger partial charge in [0.25, 0.3) is 0 Å². The highest BCUT2D eigenvalue weighted by Gasteiger charge is 2.07. The van der Waals surface area contributed by atoms with Crippen LogP contribution >= 0.6 is 0 Å². The number of pyridine rings is 1. The Morgan fingerprint density at radius 1 is 1.25 bits per heavy atom. The lowest BCUT2D eigenvalue weighted by atomic mass is 10.2. The average molecular weight is 221 g/mol. The molecule has 0 unspecified atom stereocenters. The largest absolute Gasteiger partial charge is 0.382 e. The van der Waals surface area contributed by atoms with Gasteiger partial charge < -0.3 is 10.6 Å². The molecule has 4 heteroatoms. The summed E-state index contributed by atoms with van der Waals surface area (Å²) >= 11 is 0. The van der Waals surface area contributed by atoms with Crippen molar-refractivity contribution in [3.8, 4) is 0 Å². The minimum absolute atomic E-state index is 0.0166. The van der Waals surface area contributed by atoms with Crippen LogP contribution in [0.3, 0.4) is 0 Å². The molecule has 4 nitrogen and oxygen atoms in total. The number of carbonyl (C=O) groups is 1. The van der Waals surface area contributed by atoms with Crippen LogP contribution in [0.25, 0.3) is 0 Å². The first-order valence-electron chi connectivity index (χ1n) is 5.52. The number of hydrogen-bond acceptors (Lipinski definition) is 3. The number of aromatic nitrogens is 1. The lowest BCUT2D eigenvalue weighted by Gasteiger charge is -2.10. The van der Waals surface area contributed by atoms with Gasteiger partial charge in [0.1, 0.15) is 5.82 Å². The standard InChI is InChI=1S/C12H19N3O/c1-8(2)12(16)15-11-6-5-10(7-13-11)14-9(3)4/h5-9,14H,1-4H3,(H,13,15,16). The van der Waals surface area contributed by atoms with Gasteiger partial charge in [-0.3, -0.25) is 4.79 Å². The van der Waals surface area contributed by atoms with E-state index in [2.05, 4.69) is 29.5 Å². The smallest absolute Gasteiger partial charge is 0.228 e. The van der Waals surface area contributed by atoms with Crippen molar-refractivity contribution in [2.24, 2.45) is 5.92 Å². The number of amides is 1. The molecule has 2 N–H and O–H groups in total. The Kier molecular flexibility index (Phi) is 4.28. The number of anilines is 2. The predicted molar refractivity (Wildman–Crippen MR) is 66.5 cm³/mol. The number of nitrogens with zero attached hydrogens (tertiary/aromatic N) is 1. The van der Waals surface area contributed by atoms with E-state index < -0.39 is 0 Å². The van der Waals surface area contributed by atoms with E-state index in [4.69, 9.17) is 0 Å². The maximum absolute atomic E-state index is 11.4. The first kappa shape index (κ1) is 12.5. The minimum atomic E-state index is -0.0322. The highest BCUT2D eigenvalue weighted by molar-refractivity contribution is 5.91. The zero-order chi connectivity index (χ0) is 12.1. The first-order chi connectivity index (χ1) is 7.49. The van der Waals surface area contributed by atoms with Crippen molar-refractivity contribution in [1.29, 1.82) is 0 Å². The number of nitrogens with one attached hydrogen (secondary N) is 2. The van der Waals surface area contributed by atoms with Crippen LogP contribution in [-0.4, -0.2) is 16.9 Å². The molecular weight excluding hydrogens is 202 g/mol. The van der Waals surface area contributed by atoms with E-state index in [9.17, 15) is 4.79 Å². The van der Waals surface area contributed by atoms with E-state index in [-0.39, 0.29) is 11.8 Å². The van der Waals surface area contributed by atoms with Crippen molar-refractivity contribution >= 4 is 17.4 Å². The Morgan fingerprint density at radius 2 is 1.94 bits per heavy atom. The average Bonchev–Trinajstić information content (AvgIpc) is 2.20. The molecule has 0 radical (unpaired) electrons. The summed E-state index contributed by atoms with van der Waals surface area (Å²) in [7, 11) is 0. The van der Waals surface area contributed by atoms with Crippen molar-refractivity contribution in [2.75, 3.05) is 10.6 Å². The van der Waals surface area contributed by atoms with Crippen LogP contribution in [0.15, 0.2) is 18.3 Å². The van der Waals surface area contributed by atoms with Gasteiger partial charge in [-0.1, -0.05) is 13.8 Å². The third-order valence-electron chi connectivity index (χ3n) is 1.99. The second-order valence-electron chi connectivity index (χ2n) is 4.38. The Morgan fingerprint density at radius 3 is 2.38 bits per heavy atom. The van der Waals surface area contributed by atoms with E-state index in [0.717, 1.165) is 5.69 Å². The molecule has 1 rings (SSSR count). The van der Waals surface area contributed by atoms with Crippen LogP contribution in [0.1, 0.15) is 27.7 Å². The molecule has 0 saturated heterocycles. The van der Waals surface area contributed by atoms with E-state index in [1.165, 1.54) is 0 Å². The molecule has 1 aromatic heterocycles. The zero-order valence-corrected chi connectivity index (χ0v) is 10.2. The topological polar surface area (TPSA) is 54.0 Å². The summed E-state index contributed by atoms with van der Waals surface area (Å²) in [4.78, 5) is 15.6. The van der Waals surface area contributed by atoms with Crippen molar-refractivity contribution in [2.45, 2.75) is 33.7 Å². The van der Waals surface area contributed by atoms with Crippen molar-refractivity contribution < 1.29 is 4.79 Å². The molecule has 0 aliphatic heterocycles. The maximum Gasteiger partial charge on any atom is 0.228 e. The van der Waals surface area contributed by atoms with Crippen molar-refractivity contribution in [1.82, 2.24) is 4.98 Å². The normalized spacial score (nSPS) is 10.6. The van der Waals surface area contributed by atoms with Gasteiger partial charge in [-0.25, -0.2) is 4.98 Å². The molecule has 0 aromatic carbocycles. The molecule has 0 saturated carbocycles. The Hall–Kier alpha value is -1.58. The van der Waals surface area contributed by atoms with E-state index in [1.54, 1.807) is 12.3 Å². The molecule has 16 heavy (non-hydrogen) atoms. The Labute approximate surface area is 96.5 Å². The number of hydrogen-bond donors (Lipinski definition) is 2. The summed E-state index contributed by atoms with van der Waals surface area (Å²) in [6.07, 6.45) is 1.72. The predicted octanol–water partition coefficient (Wildman–Crippen LogP) is 2.50. The molecule has 0 aliphatic rings. The lowest BCUT2D eigenvalue weighted by molar-refractivity contribution is -0.118. The fourth-order valence-corrected chi connectivity index (χ4v) is 1.16. The van der Waals surface area contributed by atoms with Gasteiger partial charge in [-0.15, -0.1) is 0 Å². The first-order valence-corrected chi connectivity index (χ1v) is 5.52. The van der Waals surface area contributed by atoms with Crippen molar-refractivity contribution in [3.05, 3.63) is 18.3 Å². The fourth-order valence-electron chi connectivity index (χ4n) is 1.16. The monoisotopic (exact) mass is 221 g/mol. The molecule has 1 heterocycles. The van der Waals surface area contributed by atoms with Gasteiger partial charge >= 0.3 is 0 Å². The molecule has 0 spiro atoms. The molecule has 0 bridgehead atoms. The van der Waals surface area contributed by atoms with Crippen LogP contribution in [0.5, 0.6) is 0 Å². The molecular formula is C12H19N3O. The summed E-state index contributed by atoms with van der Waals surface area (Å²) in [5, 5.41) is 5.98. The van der Waals surface area contributed by atoms with Crippen LogP contribution in [0.2, 0.25) is 0 Å². The number of rotatable bonds is 4. The molecule has 1 aromatic rings. The van der Waals surface area contributed by atoms with E-state index in [1.807, 2.05) is 19.9 Å². The van der Waals surface area contributed by atoms with Gasteiger partial charge in [-0.05, 0) is 26.0 Å². The Balaban J connectivity index is 2.61. The van der Waals surface area contributed by atoms with Crippen LogP contribution in [0, 0.1) is 5.92 Å². The fraction of sp³-hybridized carbons (Fsp3) is 0.500. The van der Waals surface area contributed by atoms with Gasteiger partial charge in [0.15, 0.2) is 0 Å². The van der Waals surface area contributed by atoms with E-state index in [0.29, 0.717) is 11.9 Å². The molecule has 0 atom stereocenters. The second-order valence-corrected chi connectivity index (χ2v) is 4.38. The summed E-state index contributed by atoms with van der Waals surface area (Å²) in [6.45, 7) is 7.83. The van der Waals surface area contributed by atoms with Gasteiger partial charge in [-0.2, -0.15) is 0 Å². The third-order valence-corrected chi connectivity index (χ3v) is 1.99. The summed E-state index contributed by atoms with van der Waals surface area (Å²) in [6, 6.07) is 4.08. The maximum atomic E-state index is 11.4. The highest BCUT2D eigenvalue weighted by atomic mass is 16.1. The van der Waals surface area contributed by atoms with Crippen LogP contribution in [-0.2, 0) is 4.79 Å². The number of carbonyl (C=O) groups excluding carboxylic acids is 1. The lowest BCUT2D eigenvalue weighted by Crippen LogP contribution is -2.18. The Bertz CT molecular complexity index is 344. The summed E-state index contributed by atoms with van der Waals surface area (Å²) in [5.41, 5.74) is 0.956. The van der Waals surface area contributed by atoms with Gasteiger partial charge in [0.2, 0.25) is 5.91 Å². The third kappa shape index (κ3) is 3.88. The molecule has 0 fully saturated rings. The second kappa shape index (κ2) is 5.49. The van der Waals surface area contributed by atoms with Crippen LogP contribution < -0.4 is 10.6 Å². The van der Waals surface area contributed by atoms with Crippen molar-refractivity contribution in [3.63, 3.8) is 0 Å². The molecule has 88 valence electrons. The SMILES string of the molecule is CC(C)Nc1ccc(NC(=O)C(C)C)nc1. The van der Waals surface area contributed by atoms with E-state index >= 15 is 0 Å². The molecule has 0 aliphatic carbocycles. The quantitative estimate of drug-likeness (QED) is 0.821. The van der Waals surface area contributed by atoms with Gasteiger partial charge in [0, 0.05) is 12.0 Å². The molecule has 1 amide bonds. The van der Waals surface area contributed by atoms with Crippen LogP contribution in [0.4, 0.5) is 11.5 Å². The van der Waals surface area contributed by atoms with Gasteiger partial charge in [0.05, 0.1) is 11.9 Å².